The van der Waals surface area contributed by atoms with Crippen molar-refractivity contribution in [1.29, 1.82) is 0 Å². The molecule has 0 radical (unpaired) electrons. The standard InChI is InChI=1S/C13H22N4O.2ClH/c1-13(3-5-14-6-4-13)10-16-12(18)2-8-17-9-7-15-11-17;;/h7,9,11,14H,2-6,8,10H2,1H3,(H,16,18);2*1H. The minimum absolute atomic E-state index is 0. The molecule has 1 aromatic heterocycles. The number of amides is 1. The molecule has 2 rings (SSSR count). The summed E-state index contributed by atoms with van der Waals surface area (Å²) in [5.41, 5.74) is 0.260. The van der Waals surface area contributed by atoms with Gasteiger partial charge in [-0.25, -0.2) is 4.98 Å². The van der Waals surface area contributed by atoms with Crippen LogP contribution in [0, 0.1) is 5.41 Å². The third kappa shape index (κ3) is 6.11. The largest absolute Gasteiger partial charge is 0.355 e. The number of hydrogen-bond acceptors (Lipinski definition) is 3. The number of nitrogens with one attached hydrogen (secondary N) is 2. The second-order valence-electron chi connectivity index (χ2n) is 5.39. The molecule has 2 heterocycles. The molecule has 1 saturated heterocycles. The Morgan fingerprint density at radius 2 is 2.10 bits per heavy atom. The van der Waals surface area contributed by atoms with Gasteiger partial charge in [0.15, 0.2) is 0 Å². The summed E-state index contributed by atoms with van der Waals surface area (Å²) in [5, 5.41) is 6.40. The van der Waals surface area contributed by atoms with Crippen LogP contribution < -0.4 is 10.6 Å². The fourth-order valence-corrected chi connectivity index (χ4v) is 2.26. The van der Waals surface area contributed by atoms with Gasteiger partial charge in [-0.2, -0.15) is 0 Å². The molecule has 7 heteroatoms. The van der Waals surface area contributed by atoms with E-state index in [-0.39, 0.29) is 36.1 Å². The van der Waals surface area contributed by atoms with Crippen LogP contribution in [0.1, 0.15) is 26.2 Å². The van der Waals surface area contributed by atoms with E-state index in [0.29, 0.717) is 13.0 Å². The minimum atomic E-state index is 0. The van der Waals surface area contributed by atoms with E-state index in [4.69, 9.17) is 0 Å². The van der Waals surface area contributed by atoms with Gasteiger partial charge in [-0.05, 0) is 31.3 Å². The van der Waals surface area contributed by atoms with Gasteiger partial charge in [0.05, 0.1) is 6.33 Å². The van der Waals surface area contributed by atoms with Crippen LogP contribution in [0.25, 0.3) is 0 Å². The molecule has 1 fully saturated rings. The monoisotopic (exact) mass is 322 g/mol. The summed E-state index contributed by atoms with van der Waals surface area (Å²) in [7, 11) is 0. The summed E-state index contributed by atoms with van der Waals surface area (Å²) >= 11 is 0. The van der Waals surface area contributed by atoms with Crippen LogP contribution in [0.3, 0.4) is 0 Å². The lowest BCUT2D eigenvalue weighted by atomic mass is 9.81. The van der Waals surface area contributed by atoms with Crippen molar-refractivity contribution in [3.8, 4) is 0 Å². The van der Waals surface area contributed by atoms with E-state index in [0.717, 1.165) is 32.5 Å². The molecule has 1 aliphatic heterocycles. The molecule has 20 heavy (non-hydrogen) atoms. The molecule has 0 spiro atoms. The summed E-state index contributed by atoms with van der Waals surface area (Å²) in [4.78, 5) is 15.7. The number of carbonyl (C=O) groups excluding carboxylic acids is 1. The maximum Gasteiger partial charge on any atom is 0.221 e. The van der Waals surface area contributed by atoms with Crippen molar-refractivity contribution in [2.24, 2.45) is 5.41 Å². The zero-order valence-corrected chi connectivity index (χ0v) is 13.4. The van der Waals surface area contributed by atoms with Crippen LogP contribution in [0.5, 0.6) is 0 Å². The highest BCUT2D eigenvalue weighted by Gasteiger charge is 2.26. The van der Waals surface area contributed by atoms with E-state index in [2.05, 4.69) is 22.5 Å². The lowest BCUT2D eigenvalue weighted by Crippen LogP contribution is -2.43. The highest BCUT2D eigenvalue weighted by Crippen LogP contribution is 2.26. The number of carbonyl (C=O) groups is 1. The lowest BCUT2D eigenvalue weighted by molar-refractivity contribution is -0.121. The molecule has 0 aromatic carbocycles. The molecule has 5 nitrogen and oxygen atoms in total. The van der Waals surface area contributed by atoms with E-state index in [1.54, 1.807) is 12.5 Å². The SMILES string of the molecule is CC1(CNC(=O)CCn2ccnc2)CCNCC1.Cl.Cl. The van der Waals surface area contributed by atoms with Gasteiger partial charge in [-0.3, -0.25) is 4.79 Å². The Morgan fingerprint density at radius 3 is 2.70 bits per heavy atom. The number of imidazole rings is 1. The van der Waals surface area contributed by atoms with Gasteiger partial charge in [0.1, 0.15) is 0 Å². The first-order chi connectivity index (χ1) is 8.68. The fourth-order valence-electron chi connectivity index (χ4n) is 2.26. The first-order valence-corrected chi connectivity index (χ1v) is 6.61. The van der Waals surface area contributed by atoms with Crippen LogP contribution in [0.15, 0.2) is 18.7 Å². The van der Waals surface area contributed by atoms with Crippen molar-refractivity contribution in [2.45, 2.75) is 32.7 Å². The number of piperidine rings is 1. The van der Waals surface area contributed by atoms with Crippen molar-refractivity contribution in [3.63, 3.8) is 0 Å². The van der Waals surface area contributed by atoms with Gasteiger partial charge in [0.2, 0.25) is 5.91 Å². The number of hydrogen-bond donors (Lipinski definition) is 2. The first kappa shape index (κ1) is 19.2. The van der Waals surface area contributed by atoms with Gasteiger partial charge in [0, 0.05) is 31.9 Å². The van der Waals surface area contributed by atoms with Gasteiger partial charge < -0.3 is 15.2 Å². The topological polar surface area (TPSA) is 59.0 Å². The smallest absolute Gasteiger partial charge is 0.221 e. The molecule has 1 aliphatic rings. The van der Waals surface area contributed by atoms with E-state index in [9.17, 15) is 4.79 Å². The van der Waals surface area contributed by atoms with Crippen molar-refractivity contribution in [1.82, 2.24) is 20.2 Å². The summed E-state index contributed by atoms with van der Waals surface area (Å²) in [6.45, 7) is 5.86. The van der Waals surface area contributed by atoms with Crippen molar-refractivity contribution in [3.05, 3.63) is 18.7 Å². The Labute approximate surface area is 132 Å². The Kier molecular flexibility index (Phi) is 8.85. The Hall–Kier alpha value is -0.780. The van der Waals surface area contributed by atoms with Crippen LogP contribution >= 0.6 is 24.8 Å². The second kappa shape index (κ2) is 9.21. The summed E-state index contributed by atoms with van der Waals surface area (Å²) in [6.07, 6.45) is 8.13. The molecule has 0 saturated carbocycles. The molecular weight excluding hydrogens is 299 g/mol. The zero-order valence-electron chi connectivity index (χ0n) is 11.8. The van der Waals surface area contributed by atoms with E-state index >= 15 is 0 Å². The number of rotatable bonds is 5. The van der Waals surface area contributed by atoms with Crippen molar-refractivity contribution in [2.75, 3.05) is 19.6 Å². The second-order valence-corrected chi connectivity index (χ2v) is 5.39. The molecule has 0 bridgehead atoms. The highest BCUT2D eigenvalue weighted by atomic mass is 35.5. The van der Waals surface area contributed by atoms with Crippen molar-refractivity contribution < 1.29 is 4.79 Å². The normalized spacial score (nSPS) is 16.6. The van der Waals surface area contributed by atoms with E-state index in [1.807, 2.05) is 10.8 Å². The highest BCUT2D eigenvalue weighted by molar-refractivity contribution is 5.85. The predicted octanol–water partition coefficient (Wildman–Crippen LogP) is 1.62. The maximum atomic E-state index is 11.8. The number of aryl methyl sites for hydroxylation is 1. The molecule has 0 aliphatic carbocycles. The van der Waals surface area contributed by atoms with Gasteiger partial charge in [-0.1, -0.05) is 6.92 Å². The van der Waals surface area contributed by atoms with E-state index < -0.39 is 0 Å². The Balaban J connectivity index is 0.00000180. The van der Waals surface area contributed by atoms with E-state index in [1.165, 1.54) is 0 Å². The molecule has 1 aromatic rings. The summed E-state index contributed by atoms with van der Waals surface area (Å²) < 4.78 is 1.92. The maximum absolute atomic E-state index is 11.8. The Bertz CT molecular complexity index is 378. The summed E-state index contributed by atoms with van der Waals surface area (Å²) in [5.74, 6) is 0.128. The number of nitrogens with zero attached hydrogens (tertiary/aromatic N) is 2. The van der Waals surface area contributed by atoms with Gasteiger partial charge >= 0.3 is 0 Å². The number of aromatic nitrogens is 2. The van der Waals surface area contributed by atoms with Crippen molar-refractivity contribution >= 4 is 30.7 Å². The lowest BCUT2D eigenvalue weighted by Gasteiger charge is -2.34. The number of halogens is 2. The van der Waals surface area contributed by atoms with Crippen LogP contribution in [0.4, 0.5) is 0 Å². The minimum Gasteiger partial charge on any atom is -0.355 e. The Morgan fingerprint density at radius 1 is 1.40 bits per heavy atom. The zero-order chi connectivity index (χ0) is 12.8. The molecule has 1 amide bonds. The molecule has 116 valence electrons. The first-order valence-electron chi connectivity index (χ1n) is 6.61. The molecule has 0 atom stereocenters. The average Bonchev–Trinajstić information content (AvgIpc) is 2.88. The van der Waals surface area contributed by atoms with Crippen LogP contribution in [-0.4, -0.2) is 35.1 Å². The summed E-state index contributed by atoms with van der Waals surface area (Å²) in [6, 6.07) is 0. The fraction of sp³-hybridized carbons (Fsp3) is 0.692. The molecular formula is C13H24Cl2N4O. The quantitative estimate of drug-likeness (QED) is 0.866. The van der Waals surface area contributed by atoms with Crippen LogP contribution in [0.2, 0.25) is 0 Å². The third-order valence-corrected chi connectivity index (χ3v) is 3.68. The van der Waals surface area contributed by atoms with Crippen LogP contribution in [-0.2, 0) is 11.3 Å². The molecule has 0 unspecified atom stereocenters. The third-order valence-electron chi connectivity index (χ3n) is 3.68. The average molecular weight is 323 g/mol. The van der Waals surface area contributed by atoms with Gasteiger partial charge in [-0.15, -0.1) is 24.8 Å². The molecule has 2 N–H and O–H groups in total. The van der Waals surface area contributed by atoms with Gasteiger partial charge in [0.25, 0.3) is 0 Å². The predicted molar refractivity (Wildman–Crippen MR) is 84.6 cm³/mol.